The monoisotopic (exact) mass is 274 g/mol. The average Bonchev–Trinajstić information content (AvgIpc) is 2.37. The van der Waals surface area contributed by atoms with Crippen molar-refractivity contribution in [3.63, 3.8) is 0 Å². The van der Waals surface area contributed by atoms with Crippen LogP contribution in [0.2, 0.25) is 0 Å². The maximum Gasteiger partial charge on any atom is 0.311 e. The van der Waals surface area contributed by atoms with Crippen LogP contribution in [0.25, 0.3) is 0 Å². The van der Waals surface area contributed by atoms with Crippen LogP contribution in [0.4, 0.5) is 0 Å². The molecule has 0 aliphatic heterocycles. The highest BCUT2D eigenvalue weighted by atomic mass is 16.5. The Bertz CT molecular complexity index is 533. The zero-order chi connectivity index (χ0) is 14.7. The molecule has 1 aliphatic carbocycles. The van der Waals surface area contributed by atoms with Gasteiger partial charge in [-0.3, -0.25) is 9.59 Å². The van der Waals surface area contributed by atoms with Crippen molar-refractivity contribution >= 4 is 11.9 Å². The molecule has 1 aromatic rings. The number of aliphatic carboxylic acids is 1. The van der Waals surface area contributed by atoms with Crippen LogP contribution in [0.5, 0.6) is 0 Å². The maximum absolute atomic E-state index is 11.6. The average molecular weight is 274 g/mol. The molecule has 0 radical (unpaired) electrons. The molecule has 0 saturated carbocycles. The predicted octanol–water partition coefficient (Wildman–Crippen LogP) is 2.75. The summed E-state index contributed by atoms with van der Waals surface area (Å²) in [5, 5.41) is 9.52. The first kappa shape index (κ1) is 14.3. The number of allylic oxidation sites excluding steroid dienone is 1. The molecule has 106 valence electrons. The molecular weight excluding hydrogens is 256 g/mol. The molecule has 0 spiro atoms. The zero-order valence-electron chi connectivity index (χ0n) is 11.6. The Morgan fingerprint density at radius 1 is 1.25 bits per heavy atom. The van der Waals surface area contributed by atoms with Gasteiger partial charge < -0.3 is 9.84 Å². The van der Waals surface area contributed by atoms with E-state index in [-0.39, 0.29) is 5.92 Å². The lowest BCUT2D eigenvalue weighted by Gasteiger charge is -2.33. The highest BCUT2D eigenvalue weighted by Gasteiger charge is 2.40. The number of hydrogen-bond donors (Lipinski definition) is 1. The minimum Gasteiger partial charge on any atom is -0.481 e. The van der Waals surface area contributed by atoms with Crippen LogP contribution in [0.15, 0.2) is 42.0 Å². The molecule has 0 fully saturated rings. The summed E-state index contributed by atoms with van der Waals surface area (Å²) in [7, 11) is 0. The Labute approximate surface area is 118 Å². The lowest BCUT2D eigenvalue weighted by Crippen LogP contribution is -2.38. The molecule has 0 bridgehead atoms. The van der Waals surface area contributed by atoms with E-state index in [1.54, 1.807) is 6.08 Å². The summed E-state index contributed by atoms with van der Waals surface area (Å²) >= 11 is 0. The summed E-state index contributed by atoms with van der Waals surface area (Å²) in [6, 6.07) is 9.52. The third kappa shape index (κ3) is 3.07. The molecule has 3 atom stereocenters. The van der Waals surface area contributed by atoms with Crippen molar-refractivity contribution in [2.45, 2.75) is 32.3 Å². The highest BCUT2D eigenvalue weighted by Crippen LogP contribution is 2.39. The Morgan fingerprint density at radius 2 is 1.90 bits per heavy atom. The van der Waals surface area contributed by atoms with Gasteiger partial charge in [0, 0.05) is 12.8 Å². The summed E-state index contributed by atoms with van der Waals surface area (Å²) in [4.78, 5) is 22.8. The lowest BCUT2D eigenvalue weighted by atomic mass is 9.74. The molecule has 4 heteroatoms. The number of carbonyl (C=O) groups excluding carboxylic acids is 1. The standard InChI is InChI=1S/C16H18O4/c1-10-8-13(12-6-4-3-5-7-12)15(16(18)19)14(9-10)20-11(2)17/h3-7,9,13-15H,8H2,1-2H3,(H,18,19). The molecule has 4 nitrogen and oxygen atoms in total. The fourth-order valence-electron chi connectivity index (χ4n) is 2.79. The normalized spacial score (nSPS) is 25.7. The minimum atomic E-state index is -0.936. The van der Waals surface area contributed by atoms with Crippen LogP contribution in [0, 0.1) is 5.92 Å². The number of benzene rings is 1. The number of hydrogen-bond acceptors (Lipinski definition) is 3. The van der Waals surface area contributed by atoms with Gasteiger partial charge in [-0.2, -0.15) is 0 Å². The quantitative estimate of drug-likeness (QED) is 0.680. The van der Waals surface area contributed by atoms with Crippen molar-refractivity contribution in [3.8, 4) is 0 Å². The number of carbonyl (C=O) groups is 2. The van der Waals surface area contributed by atoms with Crippen molar-refractivity contribution in [1.82, 2.24) is 0 Å². The summed E-state index contributed by atoms with van der Waals surface area (Å²) < 4.78 is 5.19. The van der Waals surface area contributed by atoms with Gasteiger partial charge in [0.2, 0.25) is 0 Å². The summed E-state index contributed by atoms with van der Waals surface area (Å²) in [6.45, 7) is 3.23. The van der Waals surface area contributed by atoms with E-state index in [9.17, 15) is 14.7 Å². The maximum atomic E-state index is 11.6. The third-order valence-electron chi connectivity index (χ3n) is 3.59. The van der Waals surface area contributed by atoms with E-state index < -0.39 is 24.0 Å². The van der Waals surface area contributed by atoms with E-state index in [2.05, 4.69) is 0 Å². The van der Waals surface area contributed by atoms with Crippen molar-refractivity contribution in [2.24, 2.45) is 5.92 Å². The Balaban J connectivity index is 2.38. The summed E-state index contributed by atoms with van der Waals surface area (Å²) in [6.07, 6.45) is 1.71. The SMILES string of the molecule is CC(=O)OC1C=C(C)CC(c2ccccc2)C1C(=O)O. The molecule has 0 heterocycles. The summed E-state index contributed by atoms with van der Waals surface area (Å²) in [5.41, 5.74) is 2.01. The van der Waals surface area contributed by atoms with Crippen molar-refractivity contribution in [1.29, 1.82) is 0 Å². The van der Waals surface area contributed by atoms with Gasteiger partial charge in [0.1, 0.15) is 12.0 Å². The fourth-order valence-corrected chi connectivity index (χ4v) is 2.79. The topological polar surface area (TPSA) is 63.6 Å². The van der Waals surface area contributed by atoms with Crippen molar-refractivity contribution < 1.29 is 19.4 Å². The third-order valence-corrected chi connectivity index (χ3v) is 3.59. The van der Waals surface area contributed by atoms with Crippen LogP contribution in [0.3, 0.4) is 0 Å². The molecule has 0 amide bonds. The van der Waals surface area contributed by atoms with E-state index in [0.29, 0.717) is 6.42 Å². The van der Waals surface area contributed by atoms with Gasteiger partial charge in [0.25, 0.3) is 0 Å². The Hall–Kier alpha value is -2.10. The van der Waals surface area contributed by atoms with Crippen LogP contribution in [-0.2, 0) is 14.3 Å². The van der Waals surface area contributed by atoms with Gasteiger partial charge in [-0.25, -0.2) is 0 Å². The van der Waals surface area contributed by atoms with Crippen LogP contribution in [-0.4, -0.2) is 23.1 Å². The van der Waals surface area contributed by atoms with Gasteiger partial charge in [-0.15, -0.1) is 0 Å². The Morgan fingerprint density at radius 3 is 2.45 bits per heavy atom. The highest BCUT2D eigenvalue weighted by molar-refractivity contribution is 5.74. The molecule has 20 heavy (non-hydrogen) atoms. The second kappa shape index (κ2) is 5.90. The first-order valence-electron chi connectivity index (χ1n) is 6.61. The second-order valence-electron chi connectivity index (χ2n) is 5.17. The van der Waals surface area contributed by atoms with E-state index in [1.807, 2.05) is 37.3 Å². The first-order valence-corrected chi connectivity index (χ1v) is 6.61. The number of ether oxygens (including phenoxy) is 1. The van der Waals surface area contributed by atoms with Crippen molar-refractivity contribution in [2.75, 3.05) is 0 Å². The van der Waals surface area contributed by atoms with Gasteiger partial charge >= 0.3 is 11.9 Å². The van der Waals surface area contributed by atoms with Crippen LogP contribution in [0.1, 0.15) is 31.7 Å². The van der Waals surface area contributed by atoms with Crippen LogP contribution < -0.4 is 0 Å². The molecule has 0 saturated heterocycles. The number of rotatable bonds is 3. The van der Waals surface area contributed by atoms with E-state index in [0.717, 1.165) is 11.1 Å². The fraction of sp³-hybridized carbons (Fsp3) is 0.375. The molecule has 2 rings (SSSR count). The smallest absolute Gasteiger partial charge is 0.311 e. The molecule has 1 aromatic carbocycles. The van der Waals surface area contributed by atoms with E-state index in [4.69, 9.17) is 4.74 Å². The van der Waals surface area contributed by atoms with Crippen molar-refractivity contribution in [3.05, 3.63) is 47.5 Å². The Kier molecular flexibility index (Phi) is 4.23. The van der Waals surface area contributed by atoms with Gasteiger partial charge in [0.05, 0.1) is 0 Å². The minimum absolute atomic E-state index is 0.178. The van der Waals surface area contributed by atoms with Crippen LogP contribution >= 0.6 is 0 Å². The van der Waals surface area contributed by atoms with E-state index in [1.165, 1.54) is 6.92 Å². The molecule has 0 aromatic heterocycles. The second-order valence-corrected chi connectivity index (χ2v) is 5.17. The lowest BCUT2D eigenvalue weighted by molar-refractivity contribution is -0.155. The van der Waals surface area contributed by atoms with Gasteiger partial charge in [0.15, 0.2) is 0 Å². The molecular formula is C16H18O4. The number of carboxylic acids is 1. The summed E-state index contributed by atoms with van der Waals surface area (Å²) in [5.74, 6) is -2.32. The van der Waals surface area contributed by atoms with Gasteiger partial charge in [-0.05, 0) is 25.0 Å². The largest absolute Gasteiger partial charge is 0.481 e. The number of esters is 1. The predicted molar refractivity (Wildman–Crippen MR) is 74.2 cm³/mol. The van der Waals surface area contributed by atoms with E-state index >= 15 is 0 Å². The zero-order valence-corrected chi connectivity index (χ0v) is 11.6. The molecule has 3 unspecified atom stereocenters. The number of carboxylic acid groups (broad SMARTS) is 1. The van der Waals surface area contributed by atoms with Gasteiger partial charge in [-0.1, -0.05) is 35.9 Å². The first-order chi connectivity index (χ1) is 9.49. The molecule has 1 N–H and O–H groups in total. The molecule has 1 aliphatic rings.